The van der Waals surface area contributed by atoms with Crippen molar-refractivity contribution in [1.82, 2.24) is 0 Å². The van der Waals surface area contributed by atoms with Crippen LogP contribution < -0.4 is 0 Å². The van der Waals surface area contributed by atoms with E-state index in [1.165, 1.54) is 21.3 Å². The first-order valence-corrected chi connectivity index (χ1v) is 7.86. The predicted molar refractivity (Wildman–Crippen MR) is 67.3 cm³/mol. The van der Waals surface area contributed by atoms with E-state index in [1.54, 1.807) is 6.92 Å². The lowest BCUT2D eigenvalue weighted by Gasteiger charge is -2.47. The number of rotatable bonds is 5. The highest BCUT2D eigenvalue weighted by Crippen LogP contribution is 2.55. The number of hydrogen-bond acceptors (Lipinski definition) is 8. The van der Waals surface area contributed by atoms with Gasteiger partial charge in [0.1, 0.15) is 24.4 Å². The Bertz CT molecular complexity index is 364. The van der Waals surface area contributed by atoms with Gasteiger partial charge in [-0.2, -0.15) is 0 Å². The van der Waals surface area contributed by atoms with Gasteiger partial charge in [0.2, 0.25) is 0 Å². The lowest BCUT2D eigenvalue weighted by Crippen LogP contribution is -2.62. The molecule has 0 bridgehead atoms. The summed E-state index contributed by atoms with van der Waals surface area (Å²) in [4.78, 5) is 0. The lowest BCUT2D eigenvalue weighted by molar-refractivity contribution is -0.307. The van der Waals surface area contributed by atoms with Gasteiger partial charge in [-0.3, -0.25) is 13.6 Å². The summed E-state index contributed by atoms with van der Waals surface area (Å²) >= 11 is 0. The van der Waals surface area contributed by atoms with E-state index in [0.717, 1.165) is 0 Å². The zero-order chi connectivity index (χ0) is 14.8. The van der Waals surface area contributed by atoms with Crippen LogP contribution in [0.1, 0.15) is 6.92 Å². The molecular formula is C11H21O8P. The second kappa shape index (κ2) is 6.81. The predicted octanol–water partition coefficient (Wildman–Crippen LogP) is 0.948. The summed E-state index contributed by atoms with van der Waals surface area (Å²) in [6.45, 7) is 2.02. The summed E-state index contributed by atoms with van der Waals surface area (Å²) in [6, 6.07) is 0. The first kappa shape index (κ1) is 16.3. The van der Waals surface area contributed by atoms with Crippen LogP contribution in [0.3, 0.4) is 0 Å². The average molecular weight is 312 g/mol. The first-order chi connectivity index (χ1) is 9.58. The van der Waals surface area contributed by atoms with E-state index in [9.17, 15) is 4.57 Å². The minimum atomic E-state index is -3.57. The summed E-state index contributed by atoms with van der Waals surface area (Å²) in [6.07, 6.45) is -2.68. The van der Waals surface area contributed by atoms with E-state index >= 15 is 0 Å². The summed E-state index contributed by atoms with van der Waals surface area (Å²) in [5, 5.41) is 0. The Labute approximate surface area is 118 Å². The van der Waals surface area contributed by atoms with E-state index in [4.69, 9.17) is 32.5 Å². The van der Waals surface area contributed by atoms with Gasteiger partial charge in [0, 0.05) is 21.3 Å². The molecule has 6 atom stereocenters. The molecule has 2 saturated heterocycles. The van der Waals surface area contributed by atoms with E-state index in [2.05, 4.69) is 0 Å². The number of methoxy groups -OCH3 is 3. The van der Waals surface area contributed by atoms with Crippen LogP contribution in [0.5, 0.6) is 0 Å². The molecule has 0 aliphatic carbocycles. The monoisotopic (exact) mass is 312 g/mol. The fourth-order valence-corrected chi connectivity index (χ4v) is 3.81. The Kier molecular flexibility index (Phi) is 5.56. The minimum Gasteiger partial charge on any atom is -0.376 e. The fraction of sp³-hybridized carbons (Fsp3) is 1.00. The lowest BCUT2D eigenvalue weighted by atomic mass is 9.99. The second-order valence-corrected chi connectivity index (χ2v) is 6.03. The molecule has 0 N–H and O–H groups in total. The highest BCUT2D eigenvalue weighted by molar-refractivity contribution is 7.48. The van der Waals surface area contributed by atoms with Crippen molar-refractivity contribution in [1.29, 1.82) is 0 Å². The molecule has 0 aromatic rings. The molecule has 20 heavy (non-hydrogen) atoms. The topological polar surface area (TPSA) is 81.7 Å². The van der Waals surface area contributed by atoms with E-state index in [-0.39, 0.29) is 13.2 Å². The average Bonchev–Trinajstić information content (AvgIpc) is 2.45. The molecule has 2 aliphatic heterocycles. The zero-order valence-electron chi connectivity index (χ0n) is 12.0. The molecule has 0 unspecified atom stereocenters. The van der Waals surface area contributed by atoms with Crippen LogP contribution in [0.4, 0.5) is 0 Å². The molecule has 118 valence electrons. The SMILES string of the molecule is CCO[P@]1(=O)OC[C@H]2O[C@H](OC)[C@H](OC)[C@@H](OC)[C@H]2O1. The van der Waals surface area contributed by atoms with Gasteiger partial charge in [-0.05, 0) is 6.92 Å². The van der Waals surface area contributed by atoms with Gasteiger partial charge >= 0.3 is 7.82 Å². The van der Waals surface area contributed by atoms with Crippen molar-refractivity contribution in [3.63, 3.8) is 0 Å². The molecule has 2 rings (SSSR count). The van der Waals surface area contributed by atoms with Gasteiger partial charge in [0.25, 0.3) is 0 Å². The largest absolute Gasteiger partial charge is 0.475 e. The third-order valence-corrected chi connectivity index (χ3v) is 4.84. The highest BCUT2D eigenvalue weighted by Gasteiger charge is 2.54. The van der Waals surface area contributed by atoms with Crippen molar-refractivity contribution in [3.8, 4) is 0 Å². The molecular weight excluding hydrogens is 291 g/mol. The van der Waals surface area contributed by atoms with E-state index < -0.39 is 38.5 Å². The molecule has 0 amide bonds. The van der Waals surface area contributed by atoms with Crippen molar-refractivity contribution in [2.45, 2.75) is 37.6 Å². The van der Waals surface area contributed by atoms with Gasteiger partial charge in [-0.15, -0.1) is 0 Å². The van der Waals surface area contributed by atoms with Crippen molar-refractivity contribution >= 4 is 7.82 Å². The number of fused-ring (bicyclic) bond motifs is 1. The van der Waals surface area contributed by atoms with E-state index in [0.29, 0.717) is 0 Å². The maximum absolute atomic E-state index is 12.2. The Morgan fingerprint density at radius 1 is 1.15 bits per heavy atom. The number of hydrogen-bond donors (Lipinski definition) is 0. The minimum absolute atomic E-state index is 0.0814. The molecule has 0 spiro atoms. The molecule has 0 radical (unpaired) electrons. The van der Waals surface area contributed by atoms with Crippen LogP contribution in [0.25, 0.3) is 0 Å². The molecule has 2 heterocycles. The standard InChI is InChI=1S/C11H21O8P/c1-5-16-20(12)17-6-7-8(19-20)9(13-2)10(14-3)11(15-4)18-7/h7-11H,5-6H2,1-4H3/t7-,8+,9+,10-,11+,20-/m1/s1. The zero-order valence-corrected chi connectivity index (χ0v) is 12.9. The normalized spacial score (nSPS) is 45.1. The smallest absolute Gasteiger partial charge is 0.376 e. The Morgan fingerprint density at radius 3 is 2.40 bits per heavy atom. The van der Waals surface area contributed by atoms with Crippen molar-refractivity contribution in [2.24, 2.45) is 0 Å². The van der Waals surface area contributed by atoms with Crippen LogP contribution in [0.15, 0.2) is 0 Å². The third kappa shape index (κ3) is 3.08. The van der Waals surface area contributed by atoms with Crippen LogP contribution in [0, 0.1) is 0 Å². The fourth-order valence-electron chi connectivity index (χ4n) is 2.42. The van der Waals surface area contributed by atoms with Gasteiger partial charge < -0.3 is 18.9 Å². The molecule has 9 heteroatoms. The van der Waals surface area contributed by atoms with Crippen LogP contribution in [0.2, 0.25) is 0 Å². The van der Waals surface area contributed by atoms with Crippen LogP contribution in [-0.4, -0.2) is 65.2 Å². The maximum atomic E-state index is 12.2. The quantitative estimate of drug-likeness (QED) is 0.694. The van der Waals surface area contributed by atoms with Crippen molar-refractivity contribution in [2.75, 3.05) is 34.5 Å². The Hall–Kier alpha value is -0.0500. The van der Waals surface area contributed by atoms with Gasteiger partial charge in [-0.25, -0.2) is 4.57 Å². The van der Waals surface area contributed by atoms with Gasteiger partial charge in [0.15, 0.2) is 6.29 Å². The molecule has 0 aromatic carbocycles. The van der Waals surface area contributed by atoms with Gasteiger partial charge in [0.05, 0.1) is 13.2 Å². The van der Waals surface area contributed by atoms with Crippen molar-refractivity contribution in [3.05, 3.63) is 0 Å². The number of phosphoric ester groups is 1. The Morgan fingerprint density at radius 2 is 1.85 bits per heavy atom. The highest BCUT2D eigenvalue weighted by atomic mass is 31.2. The maximum Gasteiger partial charge on any atom is 0.475 e. The first-order valence-electron chi connectivity index (χ1n) is 6.40. The third-order valence-electron chi connectivity index (χ3n) is 3.30. The van der Waals surface area contributed by atoms with Crippen molar-refractivity contribution < 1.29 is 37.1 Å². The van der Waals surface area contributed by atoms with Crippen LogP contribution in [-0.2, 0) is 37.1 Å². The Balaban J connectivity index is 2.18. The molecule has 0 aromatic heterocycles. The van der Waals surface area contributed by atoms with Crippen LogP contribution >= 0.6 is 7.82 Å². The number of ether oxygens (including phenoxy) is 4. The molecule has 8 nitrogen and oxygen atoms in total. The summed E-state index contributed by atoms with van der Waals surface area (Å²) in [5.41, 5.74) is 0. The van der Waals surface area contributed by atoms with Gasteiger partial charge in [-0.1, -0.05) is 0 Å². The molecule has 0 saturated carbocycles. The number of phosphoric acid groups is 1. The second-order valence-electron chi connectivity index (χ2n) is 4.41. The molecule has 2 fully saturated rings. The van der Waals surface area contributed by atoms with E-state index in [1.807, 2.05) is 0 Å². The summed E-state index contributed by atoms with van der Waals surface area (Å²) in [7, 11) is 0.984. The summed E-state index contributed by atoms with van der Waals surface area (Å²) < 4.78 is 49.6. The molecule has 2 aliphatic rings. The summed E-state index contributed by atoms with van der Waals surface area (Å²) in [5.74, 6) is 0.